The number of pyridine rings is 1. The number of rotatable bonds is 4. The van der Waals surface area contributed by atoms with Crippen LogP contribution in [0.3, 0.4) is 0 Å². The van der Waals surface area contributed by atoms with Crippen LogP contribution in [0.5, 0.6) is 0 Å². The zero-order valence-electron chi connectivity index (χ0n) is 13.6. The molecule has 1 fully saturated rings. The van der Waals surface area contributed by atoms with Gasteiger partial charge < -0.3 is 10.2 Å². The van der Waals surface area contributed by atoms with Crippen LogP contribution in [0.4, 0.5) is 5.69 Å². The summed E-state index contributed by atoms with van der Waals surface area (Å²) >= 11 is 0. The molecule has 1 amide bonds. The van der Waals surface area contributed by atoms with Crippen LogP contribution in [0.2, 0.25) is 0 Å². The molecular formula is C19H23N3O. The van der Waals surface area contributed by atoms with Crippen LogP contribution in [-0.2, 0) is 6.54 Å². The highest BCUT2D eigenvalue weighted by molar-refractivity contribution is 5.92. The number of carbonyl (C=O) groups excluding carboxylic acids is 1. The molecule has 1 aliphatic heterocycles. The number of nitrogens with one attached hydrogen (secondary N) is 1. The molecule has 2 aromatic rings. The van der Waals surface area contributed by atoms with Gasteiger partial charge in [0.05, 0.1) is 11.9 Å². The lowest BCUT2D eigenvalue weighted by Crippen LogP contribution is -2.36. The molecule has 1 aromatic carbocycles. The van der Waals surface area contributed by atoms with Gasteiger partial charge in [-0.2, -0.15) is 0 Å². The zero-order valence-corrected chi connectivity index (χ0v) is 13.6. The molecule has 1 aliphatic rings. The van der Waals surface area contributed by atoms with Gasteiger partial charge in [0.15, 0.2) is 0 Å². The molecule has 120 valence electrons. The summed E-state index contributed by atoms with van der Waals surface area (Å²) in [6.45, 7) is 4.54. The average molecular weight is 309 g/mol. The average Bonchev–Trinajstić information content (AvgIpc) is 2.62. The van der Waals surface area contributed by atoms with E-state index in [0.29, 0.717) is 5.69 Å². The van der Waals surface area contributed by atoms with Gasteiger partial charge in [-0.05, 0) is 43.9 Å². The summed E-state index contributed by atoms with van der Waals surface area (Å²) in [4.78, 5) is 18.6. The Hall–Kier alpha value is -2.36. The molecule has 23 heavy (non-hydrogen) atoms. The van der Waals surface area contributed by atoms with Gasteiger partial charge in [0.25, 0.3) is 5.91 Å². The molecule has 0 saturated carbocycles. The number of anilines is 1. The second kappa shape index (κ2) is 7.27. The molecule has 1 aromatic heterocycles. The number of hydrogen-bond acceptors (Lipinski definition) is 3. The van der Waals surface area contributed by atoms with Crippen molar-refractivity contribution in [2.24, 2.45) is 0 Å². The molecule has 0 bridgehead atoms. The second-order valence-corrected chi connectivity index (χ2v) is 6.12. The lowest BCUT2D eigenvalue weighted by atomic mass is 10.1. The predicted molar refractivity (Wildman–Crippen MR) is 92.5 cm³/mol. The summed E-state index contributed by atoms with van der Waals surface area (Å²) < 4.78 is 0. The Bertz CT molecular complexity index is 643. The van der Waals surface area contributed by atoms with E-state index in [2.05, 4.69) is 41.5 Å². The van der Waals surface area contributed by atoms with Gasteiger partial charge in [-0.25, -0.2) is 4.98 Å². The molecule has 0 radical (unpaired) electrons. The number of aryl methyl sites for hydroxylation is 1. The van der Waals surface area contributed by atoms with Crippen LogP contribution < -0.4 is 5.32 Å². The van der Waals surface area contributed by atoms with Gasteiger partial charge in [0, 0.05) is 19.6 Å². The molecule has 4 nitrogen and oxygen atoms in total. The van der Waals surface area contributed by atoms with E-state index in [1.165, 1.54) is 17.5 Å². The Morgan fingerprint density at radius 3 is 2.48 bits per heavy atom. The van der Waals surface area contributed by atoms with Crippen molar-refractivity contribution in [3.63, 3.8) is 0 Å². The van der Waals surface area contributed by atoms with Crippen molar-refractivity contribution in [3.8, 4) is 0 Å². The monoisotopic (exact) mass is 309 g/mol. The van der Waals surface area contributed by atoms with Crippen molar-refractivity contribution in [3.05, 3.63) is 59.4 Å². The summed E-state index contributed by atoms with van der Waals surface area (Å²) in [5.41, 5.74) is 3.95. The third-order valence-corrected chi connectivity index (χ3v) is 4.24. The number of carbonyl (C=O) groups is 1. The highest BCUT2D eigenvalue weighted by atomic mass is 16.2. The number of piperidine rings is 1. The van der Waals surface area contributed by atoms with Gasteiger partial charge in [-0.3, -0.25) is 4.79 Å². The Morgan fingerprint density at radius 1 is 1.09 bits per heavy atom. The molecule has 0 spiro atoms. The van der Waals surface area contributed by atoms with Crippen molar-refractivity contribution >= 4 is 11.6 Å². The SMILES string of the molecule is Cc1ccc(CNc2ccc(C(=O)N3CCCCC3)nc2)cc1. The Balaban J connectivity index is 1.58. The number of aromatic nitrogens is 1. The van der Waals surface area contributed by atoms with Gasteiger partial charge in [-0.15, -0.1) is 0 Å². The zero-order chi connectivity index (χ0) is 16.1. The molecule has 2 heterocycles. The molecule has 0 atom stereocenters. The normalized spacial score (nSPS) is 14.6. The van der Waals surface area contributed by atoms with E-state index in [1.807, 2.05) is 17.0 Å². The van der Waals surface area contributed by atoms with Crippen molar-refractivity contribution in [1.29, 1.82) is 0 Å². The Kier molecular flexibility index (Phi) is 4.91. The number of amides is 1. The first kappa shape index (κ1) is 15.5. The minimum atomic E-state index is 0.0507. The predicted octanol–water partition coefficient (Wildman–Crippen LogP) is 3.63. The fourth-order valence-corrected chi connectivity index (χ4v) is 2.79. The first-order valence-electron chi connectivity index (χ1n) is 8.27. The Morgan fingerprint density at radius 2 is 1.83 bits per heavy atom. The van der Waals surface area contributed by atoms with Crippen LogP contribution in [0.25, 0.3) is 0 Å². The second-order valence-electron chi connectivity index (χ2n) is 6.12. The van der Waals surface area contributed by atoms with Crippen LogP contribution >= 0.6 is 0 Å². The lowest BCUT2D eigenvalue weighted by Gasteiger charge is -2.26. The fraction of sp³-hybridized carbons (Fsp3) is 0.368. The van der Waals surface area contributed by atoms with Crippen molar-refractivity contribution in [2.45, 2.75) is 32.7 Å². The lowest BCUT2D eigenvalue weighted by molar-refractivity contribution is 0.0718. The van der Waals surface area contributed by atoms with E-state index in [-0.39, 0.29) is 5.91 Å². The maximum atomic E-state index is 12.4. The maximum Gasteiger partial charge on any atom is 0.272 e. The van der Waals surface area contributed by atoms with Gasteiger partial charge in [-0.1, -0.05) is 29.8 Å². The van der Waals surface area contributed by atoms with Crippen molar-refractivity contribution < 1.29 is 4.79 Å². The number of hydrogen-bond donors (Lipinski definition) is 1. The van der Waals surface area contributed by atoms with Crippen LogP contribution in [-0.4, -0.2) is 28.9 Å². The van der Waals surface area contributed by atoms with Gasteiger partial charge in [0.2, 0.25) is 0 Å². The molecule has 1 N–H and O–H groups in total. The highest BCUT2D eigenvalue weighted by Gasteiger charge is 2.18. The van der Waals surface area contributed by atoms with Gasteiger partial charge >= 0.3 is 0 Å². The van der Waals surface area contributed by atoms with E-state index in [0.717, 1.165) is 38.2 Å². The molecule has 1 saturated heterocycles. The third kappa shape index (κ3) is 4.09. The molecular weight excluding hydrogens is 286 g/mol. The van der Waals surface area contributed by atoms with E-state index >= 15 is 0 Å². The van der Waals surface area contributed by atoms with E-state index in [4.69, 9.17) is 0 Å². The molecule has 4 heteroatoms. The summed E-state index contributed by atoms with van der Waals surface area (Å²) in [5.74, 6) is 0.0507. The van der Waals surface area contributed by atoms with Crippen LogP contribution in [0, 0.1) is 6.92 Å². The smallest absolute Gasteiger partial charge is 0.272 e. The quantitative estimate of drug-likeness (QED) is 0.938. The summed E-state index contributed by atoms with van der Waals surface area (Å²) in [6, 6.07) is 12.2. The molecule has 0 unspecified atom stereocenters. The molecule has 3 rings (SSSR count). The van der Waals surface area contributed by atoms with Crippen LogP contribution in [0.15, 0.2) is 42.6 Å². The van der Waals surface area contributed by atoms with E-state index in [9.17, 15) is 4.79 Å². The third-order valence-electron chi connectivity index (χ3n) is 4.24. The maximum absolute atomic E-state index is 12.4. The topological polar surface area (TPSA) is 45.2 Å². The van der Waals surface area contributed by atoms with Crippen molar-refractivity contribution in [1.82, 2.24) is 9.88 Å². The summed E-state index contributed by atoms with van der Waals surface area (Å²) in [6.07, 6.45) is 5.16. The van der Waals surface area contributed by atoms with E-state index in [1.54, 1.807) is 6.20 Å². The first-order chi connectivity index (χ1) is 11.2. The minimum Gasteiger partial charge on any atom is -0.380 e. The Labute approximate surface area is 137 Å². The highest BCUT2D eigenvalue weighted by Crippen LogP contribution is 2.14. The van der Waals surface area contributed by atoms with Crippen LogP contribution in [0.1, 0.15) is 40.9 Å². The number of benzene rings is 1. The summed E-state index contributed by atoms with van der Waals surface area (Å²) in [5, 5.41) is 3.34. The van der Waals surface area contributed by atoms with Gasteiger partial charge in [0.1, 0.15) is 5.69 Å². The fourth-order valence-electron chi connectivity index (χ4n) is 2.79. The van der Waals surface area contributed by atoms with Crippen molar-refractivity contribution in [2.75, 3.05) is 18.4 Å². The molecule has 0 aliphatic carbocycles. The first-order valence-corrected chi connectivity index (χ1v) is 8.27. The number of likely N-dealkylation sites (tertiary alicyclic amines) is 1. The minimum absolute atomic E-state index is 0.0507. The standard InChI is InChI=1S/C19H23N3O/c1-15-5-7-16(8-6-15)13-20-17-9-10-18(21-14-17)19(23)22-11-3-2-4-12-22/h5-10,14,20H,2-4,11-13H2,1H3. The number of nitrogens with zero attached hydrogens (tertiary/aromatic N) is 2. The summed E-state index contributed by atoms with van der Waals surface area (Å²) in [7, 11) is 0. The van der Waals surface area contributed by atoms with E-state index < -0.39 is 0 Å². The largest absolute Gasteiger partial charge is 0.380 e.